The second-order valence-corrected chi connectivity index (χ2v) is 5.71. The number of nitrogens with zero attached hydrogens (tertiary/aromatic N) is 2. The molecule has 98 valence electrons. The Morgan fingerprint density at radius 3 is 3.05 bits per heavy atom. The van der Waals surface area contributed by atoms with Crippen LogP contribution < -0.4 is 5.32 Å². The van der Waals surface area contributed by atoms with Gasteiger partial charge in [0.2, 0.25) is 0 Å². The molecule has 0 saturated heterocycles. The molecule has 0 aliphatic heterocycles. The Hall–Kier alpha value is -1.58. The minimum atomic E-state index is 0.0253. The zero-order valence-electron chi connectivity index (χ0n) is 10.7. The molecule has 0 fully saturated rings. The van der Waals surface area contributed by atoms with Gasteiger partial charge in [0.05, 0.1) is 0 Å². The van der Waals surface area contributed by atoms with Gasteiger partial charge in [0.15, 0.2) is 0 Å². The molecule has 3 aromatic rings. The van der Waals surface area contributed by atoms with Crippen molar-refractivity contribution in [3.8, 4) is 0 Å². The van der Waals surface area contributed by atoms with E-state index in [1.165, 1.54) is 0 Å². The summed E-state index contributed by atoms with van der Waals surface area (Å²) >= 11 is 0.0253. The molecule has 1 atom stereocenters. The van der Waals surface area contributed by atoms with Crippen molar-refractivity contribution in [1.82, 2.24) is 7.96 Å². The van der Waals surface area contributed by atoms with Crippen LogP contribution in [0.5, 0.6) is 0 Å². The van der Waals surface area contributed by atoms with Crippen LogP contribution in [0.15, 0.2) is 41.0 Å². The van der Waals surface area contributed by atoms with Gasteiger partial charge < -0.3 is 0 Å². The number of aryl methyl sites for hydroxylation is 1. The van der Waals surface area contributed by atoms with Crippen molar-refractivity contribution in [2.24, 2.45) is 0 Å². The first-order valence-electron chi connectivity index (χ1n) is 6.33. The number of furan rings is 1. The van der Waals surface area contributed by atoms with Crippen molar-refractivity contribution in [2.75, 3.05) is 5.32 Å². The second kappa shape index (κ2) is 5.59. The molecule has 1 aromatic carbocycles. The van der Waals surface area contributed by atoms with Gasteiger partial charge in [-0.1, -0.05) is 0 Å². The minimum absolute atomic E-state index is 0.0253. The molecule has 1 unspecified atom stereocenters. The molecule has 0 aliphatic carbocycles. The SMILES string of the molecule is CC(CCc1ccco1)Nc1cccc2n[se]nc12. The van der Waals surface area contributed by atoms with E-state index in [1.807, 2.05) is 24.3 Å². The quantitative estimate of drug-likeness (QED) is 0.735. The summed E-state index contributed by atoms with van der Waals surface area (Å²) in [5.74, 6) is 1.04. The first-order valence-corrected chi connectivity index (χ1v) is 7.86. The maximum atomic E-state index is 5.35. The normalized spacial score (nSPS) is 12.7. The summed E-state index contributed by atoms with van der Waals surface area (Å²) in [5.41, 5.74) is 3.13. The fraction of sp³-hybridized carbons (Fsp3) is 0.286. The Bertz CT molecular complexity index is 648. The van der Waals surface area contributed by atoms with E-state index in [4.69, 9.17) is 4.42 Å². The number of rotatable bonds is 5. The van der Waals surface area contributed by atoms with Gasteiger partial charge in [-0.25, -0.2) is 0 Å². The predicted molar refractivity (Wildman–Crippen MR) is 76.6 cm³/mol. The monoisotopic (exact) mass is 321 g/mol. The van der Waals surface area contributed by atoms with Gasteiger partial charge in [-0.05, 0) is 0 Å². The topological polar surface area (TPSA) is 51.0 Å². The number of nitrogens with one attached hydrogen (secondary N) is 1. The van der Waals surface area contributed by atoms with Crippen LogP contribution in [0.3, 0.4) is 0 Å². The molecule has 4 nitrogen and oxygen atoms in total. The van der Waals surface area contributed by atoms with E-state index in [1.54, 1.807) is 6.26 Å². The summed E-state index contributed by atoms with van der Waals surface area (Å²) in [6, 6.07) is 10.4. The zero-order valence-corrected chi connectivity index (χ0v) is 12.4. The standard InChI is InChI=1S/C14H15N3OSe/c1-10(7-8-11-4-3-9-18-11)15-12-5-2-6-13-14(12)17-19-16-13/h2-6,9-10,15H,7-8H2,1H3. The average molecular weight is 320 g/mol. The second-order valence-electron chi connectivity index (χ2n) is 4.60. The number of fused-ring (bicyclic) bond motifs is 1. The van der Waals surface area contributed by atoms with Crippen molar-refractivity contribution in [3.63, 3.8) is 0 Å². The van der Waals surface area contributed by atoms with Crippen LogP contribution in [-0.4, -0.2) is 29.0 Å². The van der Waals surface area contributed by atoms with E-state index in [0.29, 0.717) is 6.04 Å². The summed E-state index contributed by atoms with van der Waals surface area (Å²) in [6.07, 6.45) is 3.70. The fourth-order valence-corrected chi connectivity index (χ4v) is 3.23. The Morgan fingerprint density at radius 2 is 2.21 bits per heavy atom. The van der Waals surface area contributed by atoms with Crippen molar-refractivity contribution in [1.29, 1.82) is 0 Å². The van der Waals surface area contributed by atoms with Crippen molar-refractivity contribution >= 4 is 31.7 Å². The van der Waals surface area contributed by atoms with E-state index in [-0.39, 0.29) is 15.0 Å². The summed E-state index contributed by atoms with van der Waals surface area (Å²) in [5, 5.41) is 3.52. The molecule has 0 amide bonds. The molecule has 5 heteroatoms. The Labute approximate surface area is 118 Å². The third-order valence-corrected chi connectivity index (χ3v) is 4.23. The van der Waals surface area contributed by atoms with Crippen LogP contribution in [0.1, 0.15) is 19.1 Å². The van der Waals surface area contributed by atoms with Gasteiger partial charge >= 0.3 is 118 Å². The van der Waals surface area contributed by atoms with Gasteiger partial charge in [0.25, 0.3) is 0 Å². The van der Waals surface area contributed by atoms with E-state index in [9.17, 15) is 0 Å². The third kappa shape index (κ3) is 2.88. The molecular formula is C14H15N3OSe. The fourth-order valence-electron chi connectivity index (χ4n) is 2.07. The summed E-state index contributed by atoms with van der Waals surface area (Å²) in [6.45, 7) is 2.18. The molecular weight excluding hydrogens is 305 g/mol. The van der Waals surface area contributed by atoms with Gasteiger partial charge in [-0.15, -0.1) is 0 Å². The number of hydrogen-bond donors (Lipinski definition) is 1. The van der Waals surface area contributed by atoms with E-state index in [2.05, 4.69) is 26.3 Å². The summed E-state index contributed by atoms with van der Waals surface area (Å²) < 4.78 is 14.2. The average Bonchev–Trinajstić information content (AvgIpc) is 3.08. The molecule has 0 spiro atoms. The molecule has 0 saturated carbocycles. The molecule has 2 aromatic heterocycles. The molecule has 2 heterocycles. The molecule has 0 radical (unpaired) electrons. The van der Waals surface area contributed by atoms with Crippen LogP contribution in [0.2, 0.25) is 0 Å². The van der Waals surface area contributed by atoms with Crippen LogP contribution in [-0.2, 0) is 6.42 Å². The number of hydrogen-bond acceptors (Lipinski definition) is 4. The van der Waals surface area contributed by atoms with E-state index in [0.717, 1.165) is 35.3 Å². The molecule has 1 N–H and O–H groups in total. The van der Waals surface area contributed by atoms with Crippen LogP contribution >= 0.6 is 0 Å². The van der Waals surface area contributed by atoms with Gasteiger partial charge in [-0.3, -0.25) is 0 Å². The first kappa shape index (κ1) is 12.5. The third-order valence-electron chi connectivity index (χ3n) is 3.09. The van der Waals surface area contributed by atoms with Gasteiger partial charge in [0, 0.05) is 0 Å². The number of anilines is 1. The van der Waals surface area contributed by atoms with Crippen molar-refractivity contribution in [3.05, 3.63) is 42.4 Å². The first-order chi connectivity index (χ1) is 9.33. The molecule has 3 rings (SSSR count). The molecule has 19 heavy (non-hydrogen) atoms. The summed E-state index contributed by atoms with van der Waals surface area (Å²) in [7, 11) is 0. The molecule has 0 bridgehead atoms. The Morgan fingerprint density at radius 1 is 1.26 bits per heavy atom. The van der Waals surface area contributed by atoms with Crippen LogP contribution in [0.25, 0.3) is 11.0 Å². The van der Waals surface area contributed by atoms with Gasteiger partial charge in [-0.2, -0.15) is 0 Å². The Balaban J connectivity index is 1.65. The van der Waals surface area contributed by atoms with Crippen molar-refractivity contribution in [2.45, 2.75) is 25.8 Å². The zero-order chi connectivity index (χ0) is 13.1. The maximum absolute atomic E-state index is 5.35. The van der Waals surface area contributed by atoms with Crippen LogP contribution in [0, 0.1) is 0 Å². The van der Waals surface area contributed by atoms with E-state index < -0.39 is 0 Å². The summed E-state index contributed by atoms with van der Waals surface area (Å²) in [4.78, 5) is 0. The Kier molecular flexibility index (Phi) is 3.67. The van der Waals surface area contributed by atoms with Gasteiger partial charge in [0.1, 0.15) is 0 Å². The van der Waals surface area contributed by atoms with E-state index >= 15 is 0 Å². The number of aromatic nitrogens is 2. The van der Waals surface area contributed by atoms with Crippen LogP contribution in [0.4, 0.5) is 5.69 Å². The number of benzene rings is 1. The van der Waals surface area contributed by atoms with Crippen molar-refractivity contribution < 1.29 is 4.42 Å². The predicted octanol–water partition coefficient (Wildman–Crippen LogP) is 2.71. The molecule has 0 aliphatic rings.